The van der Waals surface area contributed by atoms with Crippen LogP contribution in [-0.2, 0) is 24.8 Å². The lowest BCUT2D eigenvalue weighted by atomic mass is 10.1. The predicted octanol–water partition coefficient (Wildman–Crippen LogP) is 3.50. The third-order valence-corrected chi connectivity index (χ3v) is 6.18. The number of benzene rings is 2. The molecule has 1 aromatic heterocycles. The van der Waals surface area contributed by atoms with Gasteiger partial charge in [-0.25, -0.2) is 0 Å². The summed E-state index contributed by atoms with van der Waals surface area (Å²) in [5.41, 5.74) is 1.58. The van der Waals surface area contributed by atoms with Crippen LogP contribution >= 0.6 is 35.0 Å². The van der Waals surface area contributed by atoms with Gasteiger partial charge in [-0.05, 0) is 30.2 Å². The van der Waals surface area contributed by atoms with Gasteiger partial charge in [-0.15, -0.1) is 10.2 Å². The molecule has 0 aliphatic rings. The summed E-state index contributed by atoms with van der Waals surface area (Å²) < 4.78 is 1.75. The zero-order chi connectivity index (χ0) is 22.2. The van der Waals surface area contributed by atoms with Crippen LogP contribution in [0.25, 0.3) is 0 Å². The molecular weight excluding hydrogens is 457 g/mol. The summed E-state index contributed by atoms with van der Waals surface area (Å²) in [7, 11) is 1.79. The molecule has 0 spiro atoms. The highest BCUT2D eigenvalue weighted by atomic mass is 35.5. The predicted molar refractivity (Wildman–Crippen MR) is 123 cm³/mol. The third kappa shape index (κ3) is 6.72. The van der Waals surface area contributed by atoms with Gasteiger partial charge >= 0.3 is 0 Å². The third-order valence-electron chi connectivity index (χ3n) is 4.42. The van der Waals surface area contributed by atoms with Crippen molar-refractivity contribution in [2.75, 3.05) is 12.3 Å². The minimum Gasteiger partial charge on any atom is -0.355 e. The maximum absolute atomic E-state index is 12.3. The van der Waals surface area contributed by atoms with Crippen LogP contribution in [0.3, 0.4) is 0 Å². The molecule has 0 fully saturated rings. The molecule has 2 amide bonds. The van der Waals surface area contributed by atoms with Gasteiger partial charge in [0.05, 0.1) is 22.3 Å². The second-order valence-electron chi connectivity index (χ2n) is 6.64. The number of thioether (sulfide) groups is 1. The number of hydrogen-bond acceptors (Lipinski definition) is 5. The standard InChI is InChI=1S/C21H21Cl2N5O2S/c1-28-18(12-25-20(30)15-7-8-16(22)17(23)11-15)26-27-21(28)31-13-19(29)24-10-9-14-5-3-2-4-6-14/h2-8,11H,9-10,12-13H2,1H3,(H,24,29)(H,25,30). The van der Waals surface area contributed by atoms with Crippen molar-refractivity contribution in [1.82, 2.24) is 25.4 Å². The summed E-state index contributed by atoms with van der Waals surface area (Å²) in [6.45, 7) is 0.765. The van der Waals surface area contributed by atoms with Gasteiger partial charge in [0.15, 0.2) is 11.0 Å². The van der Waals surface area contributed by atoms with E-state index in [1.54, 1.807) is 23.7 Å². The lowest BCUT2D eigenvalue weighted by molar-refractivity contribution is -0.118. The first-order valence-electron chi connectivity index (χ1n) is 9.49. The van der Waals surface area contributed by atoms with Gasteiger partial charge in [0.25, 0.3) is 5.91 Å². The zero-order valence-corrected chi connectivity index (χ0v) is 19.1. The van der Waals surface area contributed by atoms with Crippen molar-refractivity contribution < 1.29 is 9.59 Å². The Balaban J connectivity index is 1.44. The van der Waals surface area contributed by atoms with Gasteiger partial charge in [-0.3, -0.25) is 9.59 Å². The van der Waals surface area contributed by atoms with Gasteiger partial charge in [0.2, 0.25) is 5.91 Å². The smallest absolute Gasteiger partial charge is 0.251 e. The highest BCUT2D eigenvalue weighted by molar-refractivity contribution is 7.99. The number of halogens is 2. The molecule has 0 bridgehead atoms. The number of aromatic nitrogens is 3. The van der Waals surface area contributed by atoms with Crippen LogP contribution in [0.15, 0.2) is 53.7 Å². The minimum atomic E-state index is -0.298. The van der Waals surface area contributed by atoms with Crippen molar-refractivity contribution in [2.24, 2.45) is 7.05 Å². The Bertz CT molecular complexity index is 1060. The van der Waals surface area contributed by atoms with Gasteiger partial charge in [-0.1, -0.05) is 65.3 Å². The Kier molecular flexibility index (Phi) is 8.34. The Morgan fingerprint density at radius 3 is 2.55 bits per heavy atom. The normalized spacial score (nSPS) is 10.7. The lowest BCUT2D eigenvalue weighted by Crippen LogP contribution is -2.27. The van der Waals surface area contributed by atoms with Crippen LogP contribution in [0.1, 0.15) is 21.7 Å². The van der Waals surface area contributed by atoms with Crippen LogP contribution < -0.4 is 10.6 Å². The maximum atomic E-state index is 12.3. The van der Waals surface area contributed by atoms with Crippen molar-refractivity contribution >= 4 is 46.8 Å². The monoisotopic (exact) mass is 477 g/mol. The molecule has 0 unspecified atom stereocenters. The molecule has 0 saturated heterocycles. The second kappa shape index (κ2) is 11.2. The van der Waals surface area contributed by atoms with E-state index < -0.39 is 0 Å². The van der Waals surface area contributed by atoms with Crippen molar-refractivity contribution in [3.63, 3.8) is 0 Å². The van der Waals surface area contributed by atoms with E-state index in [1.807, 2.05) is 30.3 Å². The average molecular weight is 478 g/mol. The highest BCUT2D eigenvalue weighted by Crippen LogP contribution is 2.22. The maximum Gasteiger partial charge on any atom is 0.251 e. The average Bonchev–Trinajstić information content (AvgIpc) is 3.12. The number of rotatable bonds is 9. The number of carbonyl (C=O) groups excluding carboxylic acids is 2. The van der Waals surface area contributed by atoms with E-state index in [-0.39, 0.29) is 24.1 Å². The number of nitrogens with one attached hydrogen (secondary N) is 2. The lowest BCUT2D eigenvalue weighted by Gasteiger charge is -2.07. The van der Waals surface area contributed by atoms with Gasteiger partial charge in [0, 0.05) is 19.2 Å². The quantitative estimate of drug-likeness (QED) is 0.460. The first-order valence-corrected chi connectivity index (χ1v) is 11.2. The number of nitrogens with zero attached hydrogens (tertiary/aromatic N) is 3. The Labute approximate surface area is 194 Å². The Morgan fingerprint density at radius 1 is 1.03 bits per heavy atom. The number of carbonyl (C=O) groups is 2. The summed E-state index contributed by atoms with van der Waals surface area (Å²) in [6.07, 6.45) is 0.782. The highest BCUT2D eigenvalue weighted by Gasteiger charge is 2.13. The molecule has 0 aliphatic carbocycles. The van der Waals surface area contributed by atoms with E-state index >= 15 is 0 Å². The molecular formula is C21H21Cl2N5O2S. The van der Waals surface area contributed by atoms with Crippen LogP contribution in [0.2, 0.25) is 10.0 Å². The molecule has 1 heterocycles. The molecule has 2 N–H and O–H groups in total. The molecule has 2 aromatic carbocycles. The van der Waals surface area contributed by atoms with Crippen molar-refractivity contribution in [3.8, 4) is 0 Å². The number of hydrogen-bond donors (Lipinski definition) is 2. The van der Waals surface area contributed by atoms with Crippen LogP contribution in [0.5, 0.6) is 0 Å². The summed E-state index contributed by atoms with van der Waals surface area (Å²) >= 11 is 13.1. The first kappa shape index (κ1) is 23.1. The van der Waals surface area contributed by atoms with Crippen molar-refractivity contribution in [3.05, 3.63) is 75.5 Å². The molecule has 0 aliphatic heterocycles. The summed E-state index contributed by atoms with van der Waals surface area (Å²) in [5.74, 6) is 0.434. The van der Waals surface area contributed by atoms with Gasteiger partial charge < -0.3 is 15.2 Å². The molecule has 0 atom stereocenters. The summed E-state index contributed by atoms with van der Waals surface area (Å²) in [4.78, 5) is 24.4. The fourth-order valence-electron chi connectivity index (χ4n) is 2.70. The zero-order valence-electron chi connectivity index (χ0n) is 16.8. The molecule has 0 saturated carbocycles. The molecule has 162 valence electrons. The van der Waals surface area contributed by atoms with Crippen LogP contribution in [-0.4, -0.2) is 38.9 Å². The second-order valence-corrected chi connectivity index (χ2v) is 8.40. The summed E-state index contributed by atoms with van der Waals surface area (Å²) in [6, 6.07) is 14.7. The van der Waals surface area contributed by atoms with E-state index in [0.717, 1.165) is 6.42 Å². The van der Waals surface area contributed by atoms with E-state index in [4.69, 9.17) is 23.2 Å². The molecule has 3 rings (SSSR count). The SMILES string of the molecule is Cn1c(CNC(=O)c2ccc(Cl)c(Cl)c2)nnc1SCC(=O)NCCc1ccccc1. The van der Waals surface area contributed by atoms with Gasteiger partial charge in [0.1, 0.15) is 0 Å². The molecule has 7 nitrogen and oxygen atoms in total. The fraction of sp³-hybridized carbons (Fsp3) is 0.238. The van der Waals surface area contributed by atoms with E-state index in [1.165, 1.54) is 23.4 Å². The molecule has 31 heavy (non-hydrogen) atoms. The molecule has 3 aromatic rings. The van der Waals surface area contributed by atoms with E-state index in [2.05, 4.69) is 20.8 Å². The van der Waals surface area contributed by atoms with Crippen LogP contribution in [0, 0.1) is 0 Å². The van der Waals surface area contributed by atoms with Gasteiger partial charge in [-0.2, -0.15) is 0 Å². The first-order chi connectivity index (χ1) is 14.9. The largest absolute Gasteiger partial charge is 0.355 e. The topological polar surface area (TPSA) is 88.9 Å². The Morgan fingerprint density at radius 2 is 1.81 bits per heavy atom. The van der Waals surface area contributed by atoms with Crippen molar-refractivity contribution in [2.45, 2.75) is 18.1 Å². The van der Waals surface area contributed by atoms with E-state index in [0.29, 0.717) is 33.1 Å². The number of amides is 2. The molecule has 0 radical (unpaired) electrons. The van der Waals surface area contributed by atoms with E-state index in [9.17, 15) is 9.59 Å². The fourth-order valence-corrected chi connectivity index (χ4v) is 3.75. The Hall–Kier alpha value is -2.55. The minimum absolute atomic E-state index is 0.0709. The summed E-state index contributed by atoms with van der Waals surface area (Å²) in [5, 5.41) is 15.2. The van der Waals surface area contributed by atoms with Crippen molar-refractivity contribution in [1.29, 1.82) is 0 Å². The molecule has 10 heteroatoms. The van der Waals surface area contributed by atoms with Crippen LogP contribution in [0.4, 0.5) is 0 Å².